The molecule has 2 aromatic carbocycles. The lowest BCUT2D eigenvalue weighted by molar-refractivity contribution is -0.116. The zero-order valence-electron chi connectivity index (χ0n) is 15.6. The smallest absolute Gasteiger partial charge is 0.247 e. The average Bonchev–Trinajstić information content (AvgIpc) is 2.57. The van der Waals surface area contributed by atoms with Crippen molar-refractivity contribution in [2.24, 2.45) is 0 Å². The number of carbonyl (C=O) groups excluding carboxylic acids is 1. The second kappa shape index (κ2) is 8.63. The van der Waals surface area contributed by atoms with E-state index >= 15 is 0 Å². The third-order valence-corrected chi connectivity index (χ3v) is 5.16. The molecular formula is C19H23ClN2O4S. The highest BCUT2D eigenvalue weighted by Crippen LogP contribution is 2.24. The van der Waals surface area contributed by atoms with E-state index < -0.39 is 22.0 Å². The van der Waals surface area contributed by atoms with Gasteiger partial charge in [-0.25, -0.2) is 8.42 Å². The fourth-order valence-electron chi connectivity index (χ4n) is 2.53. The van der Waals surface area contributed by atoms with Crippen molar-refractivity contribution in [2.45, 2.75) is 32.9 Å². The van der Waals surface area contributed by atoms with Crippen LogP contribution in [0, 0.1) is 0 Å². The molecule has 2 aromatic rings. The molecule has 0 aliphatic carbocycles. The molecule has 146 valence electrons. The summed E-state index contributed by atoms with van der Waals surface area (Å²) in [7, 11) is -3.68. The molecule has 0 aliphatic heterocycles. The molecule has 6 nitrogen and oxygen atoms in total. The molecule has 8 heteroatoms. The van der Waals surface area contributed by atoms with Crippen LogP contribution in [0.3, 0.4) is 0 Å². The van der Waals surface area contributed by atoms with Crippen LogP contribution in [-0.2, 0) is 14.8 Å². The number of rotatable bonds is 7. The van der Waals surface area contributed by atoms with Crippen LogP contribution in [0.25, 0.3) is 0 Å². The van der Waals surface area contributed by atoms with Crippen molar-refractivity contribution < 1.29 is 17.9 Å². The lowest BCUT2D eigenvalue weighted by atomic mass is 10.2. The maximum Gasteiger partial charge on any atom is 0.247 e. The topological polar surface area (TPSA) is 75.7 Å². The Balaban J connectivity index is 2.18. The summed E-state index contributed by atoms with van der Waals surface area (Å²) < 4.78 is 31.1. The van der Waals surface area contributed by atoms with Crippen molar-refractivity contribution in [1.82, 2.24) is 0 Å². The number of carbonyl (C=O) groups is 1. The van der Waals surface area contributed by atoms with Crippen molar-refractivity contribution in [3.8, 4) is 5.75 Å². The van der Waals surface area contributed by atoms with E-state index in [1.54, 1.807) is 48.5 Å². The number of nitrogens with one attached hydrogen (secondary N) is 1. The van der Waals surface area contributed by atoms with Crippen LogP contribution in [0.4, 0.5) is 11.4 Å². The fourth-order valence-corrected chi connectivity index (χ4v) is 3.83. The number of amides is 1. The van der Waals surface area contributed by atoms with Crippen molar-refractivity contribution in [2.75, 3.05) is 15.9 Å². The van der Waals surface area contributed by atoms with Crippen molar-refractivity contribution in [3.05, 3.63) is 53.6 Å². The predicted octanol–water partition coefficient (Wildman–Crippen LogP) is 3.92. The molecule has 0 bridgehead atoms. The largest absolute Gasteiger partial charge is 0.491 e. The standard InChI is InChI=1S/C19H23ClN2O4S/c1-13(2)26-18-11-7-16(8-12-18)21-19(23)14(3)22(27(4,24)25)17-9-5-15(20)6-10-17/h5-14H,1-4H3,(H,21,23)/t14-/m1/s1. The number of sulfonamides is 1. The molecule has 0 aromatic heterocycles. The van der Waals surface area contributed by atoms with E-state index in [9.17, 15) is 13.2 Å². The van der Waals surface area contributed by atoms with Crippen LogP contribution in [0.15, 0.2) is 48.5 Å². The first kappa shape index (κ1) is 21.1. The Kier molecular flexibility index (Phi) is 6.73. The fraction of sp³-hybridized carbons (Fsp3) is 0.316. The van der Waals surface area contributed by atoms with Gasteiger partial charge in [0, 0.05) is 10.7 Å². The normalized spacial score (nSPS) is 12.5. The summed E-state index contributed by atoms with van der Waals surface area (Å²) in [4.78, 5) is 12.6. The van der Waals surface area contributed by atoms with Crippen molar-refractivity contribution in [3.63, 3.8) is 0 Å². The quantitative estimate of drug-likeness (QED) is 0.750. The van der Waals surface area contributed by atoms with Gasteiger partial charge in [-0.2, -0.15) is 0 Å². The zero-order valence-corrected chi connectivity index (χ0v) is 17.2. The molecule has 0 saturated carbocycles. The van der Waals surface area contributed by atoms with Gasteiger partial charge in [0.1, 0.15) is 11.8 Å². The lowest BCUT2D eigenvalue weighted by Gasteiger charge is -2.28. The van der Waals surface area contributed by atoms with Crippen LogP contribution < -0.4 is 14.4 Å². The van der Waals surface area contributed by atoms with E-state index in [-0.39, 0.29) is 6.10 Å². The summed E-state index contributed by atoms with van der Waals surface area (Å²) in [6.45, 7) is 5.38. The van der Waals surface area contributed by atoms with Crippen LogP contribution in [0.5, 0.6) is 5.75 Å². The van der Waals surface area contributed by atoms with Gasteiger partial charge in [-0.15, -0.1) is 0 Å². The minimum atomic E-state index is -3.68. The highest BCUT2D eigenvalue weighted by atomic mass is 35.5. The van der Waals surface area contributed by atoms with Crippen LogP contribution >= 0.6 is 11.6 Å². The SMILES string of the molecule is CC(C)Oc1ccc(NC(=O)[C@@H](C)N(c2ccc(Cl)cc2)S(C)(=O)=O)cc1. The second-order valence-electron chi connectivity index (χ2n) is 6.39. The Bertz CT molecular complexity index is 881. The first-order valence-corrected chi connectivity index (χ1v) is 10.6. The minimum absolute atomic E-state index is 0.0492. The van der Waals surface area contributed by atoms with Gasteiger partial charge in [0.25, 0.3) is 0 Å². The maximum absolute atomic E-state index is 12.6. The summed E-state index contributed by atoms with van der Waals surface area (Å²) >= 11 is 5.87. The van der Waals surface area contributed by atoms with Gasteiger partial charge in [0.15, 0.2) is 0 Å². The van der Waals surface area contributed by atoms with Crippen LogP contribution in [0.2, 0.25) is 5.02 Å². The summed E-state index contributed by atoms with van der Waals surface area (Å²) in [6, 6.07) is 12.2. The number of halogens is 1. The van der Waals surface area contributed by atoms with Gasteiger partial charge >= 0.3 is 0 Å². The second-order valence-corrected chi connectivity index (χ2v) is 8.69. The predicted molar refractivity (Wildman–Crippen MR) is 109 cm³/mol. The van der Waals surface area contributed by atoms with Crippen molar-refractivity contribution >= 4 is 38.9 Å². The number of hydrogen-bond acceptors (Lipinski definition) is 4. The monoisotopic (exact) mass is 410 g/mol. The third-order valence-electron chi connectivity index (χ3n) is 3.66. The Morgan fingerprint density at radius 2 is 1.59 bits per heavy atom. The highest BCUT2D eigenvalue weighted by molar-refractivity contribution is 7.92. The number of hydrogen-bond donors (Lipinski definition) is 1. The first-order chi connectivity index (χ1) is 12.6. The molecule has 0 heterocycles. The molecule has 27 heavy (non-hydrogen) atoms. The van der Waals surface area contributed by atoms with Gasteiger partial charge in [0.05, 0.1) is 18.0 Å². The Morgan fingerprint density at radius 3 is 2.07 bits per heavy atom. The van der Waals surface area contributed by atoms with Crippen molar-refractivity contribution in [1.29, 1.82) is 0 Å². The molecule has 0 radical (unpaired) electrons. The van der Waals surface area contributed by atoms with E-state index in [2.05, 4.69) is 5.32 Å². The van der Waals surface area contributed by atoms with E-state index in [4.69, 9.17) is 16.3 Å². The molecule has 1 atom stereocenters. The van der Waals surface area contributed by atoms with Gasteiger partial charge in [0.2, 0.25) is 15.9 Å². The third kappa shape index (κ3) is 5.87. The zero-order chi connectivity index (χ0) is 20.2. The molecule has 1 N–H and O–H groups in total. The summed E-state index contributed by atoms with van der Waals surface area (Å²) in [6.07, 6.45) is 1.11. The molecular weight excluding hydrogens is 388 g/mol. The molecule has 0 spiro atoms. The van der Waals surface area contributed by atoms with Crippen LogP contribution in [-0.4, -0.2) is 32.7 Å². The van der Waals surface area contributed by atoms with E-state index in [1.807, 2.05) is 13.8 Å². The summed E-state index contributed by atoms with van der Waals surface area (Å²) in [5.74, 6) is 0.239. The molecule has 0 aliphatic rings. The van der Waals surface area contributed by atoms with E-state index in [0.717, 1.165) is 10.6 Å². The first-order valence-electron chi connectivity index (χ1n) is 8.40. The van der Waals surface area contributed by atoms with E-state index in [1.165, 1.54) is 6.92 Å². The van der Waals surface area contributed by atoms with Gasteiger partial charge in [-0.1, -0.05) is 11.6 Å². The number of nitrogens with zero attached hydrogens (tertiary/aromatic N) is 1. The minimum Gasteiger partial charge on any atom is -0.491 e. The van der Waals surface area contributed by atoms with E-state index in [0.29, 0.717) is 22.1 Å². The summed E-state index contributed by atoms with van der Waals surface area (Å²) in [5.41, 5.74) is 0.915. The lowest BCUT2D eigenvalue weighted by Crippen LogP contribution is -2.45. The maximum atomic E-state index is 12.6. The van der Waals surface area contributed by atoms with Crippen LogP contribution in [0.1, 0.15) is 20.8 Å². The molecule has 0 fully saturated rings. The molecule has 0 unspecified atom stereocenters. The van der Waals surface area contributed by atoms with Gasteiger partial charge in [-0.05, 0) is 69.3 Å². The molecule has 0 saturated heterocycles. The Labute approximate surface area is 165 Å². The average molecular weight is 411 g/mol. The molecule has 1 amide bonds. The summed E-state index contributed by atoms with van der Waals surface area (Å²) in [5, 5.41) is 3.21. The number of benzene rings is 2. The molecule has 2 rings (SSSR count). The number of ether oxygens (including phenoxy) is 1. The number of anilines is 2. The highest BCUT2D eigenvalue weighted by Gasteiger charge is 2.29. The van der Waals surface area contributed by atoms with Gasteiger partial charge < -0.3 is 10.1 Å². The Morgan fingerprint density at radius 1 is 1.04 bits per heavy atom. The van der Waals surface area contributed by atoms with Gasteiger partial charge in [-0.3, -0.25) is 9.10 Å². The Hall–Kier alpha value is -2.25.